The molecule has 3 rings (SSSR count). The summed E-state index contributed by atoms with van der Waals surface area (Å²) in [7, 11) is 0. The Balaban J connectivity index is 1.78. The predicted octanol–water partition coefficient (Wildman–Crippen LogP) is 3.56. The zero-order valence-electron chi connectivity index (χ0n) is 13.2. The molecule has 0 radical (unpaired) electrons. The molecule has 19 heavy (non-hydrogen) atoms. The van der Waals surface area contributed by atoms with Gasteiger partial charge in [0, 0.05) is 30.2 Å². The fourth-order valence-corrected chi connectivity index (χ4v) is 4.59. The van der Waals surface area contributed by atoms with Gasteiger partial charge in [-0.25, -0.2) is 0 Å². The van der Waals surface area contributed by atoms with Gasteiger partial charge in [-0.1, -0.05) is 26.2 Å². The standard InChI is InChI=1S/C17H32N2/c1-4-15-12-18-17(3,14-8-9-14)13-19(15)16(2)10-6-5-7-11-16/h14-15,18H,4-13H2,1-3H3. The molecule has 3 aliphatic rings. The zero-order chi connectivity index (χ0) is 13.5. The van der Waals surface area contributed by atoms with Gasteiger partial charge in [-0.2, -0.15) is 0 Å². The summed E-state index contributed by atoms with van der Waals surface area (Å²) in [4.78, 5) is 2.92. The summed E-state index contributed by atoms with van der Waals surface area (Å²) >= 11 is 0. The summed E-state index contributed by atoms with van der Waals surface area (Å²) in [6, 6.07) is 0.759. The maximum atomic E-state index is 3.90. The van der Waals surface area contributed by atoms with Crippen LogP contribution in [0, 0.1) is 5.92 Å². The fourth-order valence-electron chi connectivity index (χ4n) is 4.59. The van der Waals surface area contributed by atoms with E-state index in [0.717, 1.165) is 12.0 Å². The Morgan fingerprint density at radius 2 is 1.79 bits per heavy atom. The van der Waals surface area contributed by atoms with Gasteiger partial charge in [-0.15, -0.1) is 0 Å². The van der Waals surface area contributed by atoms with Gasteiger partial charge >= 0.3 is 0 Å². The summed E-state index contributed by atoms with van der Waals surface area (Å²) in [5, 5.41) is 3.90. The molecular weight excluding hydrogens is 232 g/mol. The van der Waals surface area contributed by atoms with Crippen LogP contribution in [0.5, 0.6) is 0 Å². The Kier molecular flexibility index (Phi) is 3.68. The van der Waals surface area contributed by atoms with Crippen LogP contribution in [0.3, 0.4) is 0 Å². The number of hydrogen-bond acceptors (Lipinski definition) is 2. The Bertz CT molecular complexity index is 317. The highest BCUT2D eigenvalue weighted by Crippen LogP contribution is 2.44. The molecule has 0 spiro atoms. The maximum absolute atomic E-state index is 3.90. The molecule has 3 fully saturated rings. The molecule has 110 valence electrons. The van der Waals surface area contributed by atoms with Gasteiger partial charge in [0.1, 0.15) is 0 Å². The number of nitrogens with zero attached hydrogens (tertiary/aromatic N) is 1. The largest absolute Gasteiger partial charge is 0.308 e. The van der Waals surface area contributed by atoms with Crippen molar-refractivity contribution in [1.29, 1.82) is 0 Å². The van der Waals surface area contributed by atoms with Gasteiger partial charge < -0.3 is 5.32 Å². The van der Waals surface area contributed by atoms with E-state index >= 15 is 0 Å². The van der Waals surface area contributed by atoms with Gasteiger partial charge in [-0.3, -0.25) is 4.90 Å². The molecule has 2 nitrogen and oxygen atoms in total. The quantitative estimate of drug-likeness (QED) is 0.838. The van der Waals surface area contributed by atoms with Crippen LogP contribution in [-0.4, -0.2) is 35.1 Å². The number of piperazine rings is 1. The second-order valence-corrected chi connectivity index (χ2v) is 7.82. The molecule has 1 heterocycles. The topological polar surface area (TPSA) is 15.3 Å². The molecule has 0 aromatic heterocycles. The normalized spacial score (nSPS) is 40.3. The van der Waals surface area contributed by atoms with Crippen LogP contribution in [0.4, 0.5) is 0 Å². The number of nitrogens with one attached hydrogen (secondary N) is 1. The van der Waals surface area contributed by atoms with E-state index in [1.807, 2.05) is 0 Å². The zero-order valence-corrected chi connectivity index (χ0v) is 13.2. The molecular formula is C17H32N2. The lowest BCUT2D eigenvalue weighted by atomic mass is 9.78. The molecule has 1 saturated heterocycles. The summed E-state index contributed by atoms with van der Waals surface area (Å²) in [6.07, 6.45) is 11.4. The highest BCUT2D eigenvalue weighted by Gasteiger charge is 2.49. The van der Waals surface area contributed by atoms with Gasteiger partial charge in [0.05, 0.1) is 0 Å². The van der Waals surface area contributed by atoms with E-state index in [1.54, 1.807) is 0 Å². The third-order valence-corrected chi connectivity index (χ3v) is 6.25. The molecule has 0 amide bonds. The molecule has 0 bridgehead atoms. The van der Waals surface area contributed by atoms with E-state index < -0.39 is 0 Å². The first kappa shape index (κ1) is 13.9. The molecule has 2 aliphatic carbocycles. The van der Waals surface area contributed by atoms with Crippen molar-refractivity contribution in [3.63, 3.8) is 0 Å². The Labute approximate surface area is 119 Å². The SMILES string of the molecule is CCC1CNC(C)(C2CC2)CN1C1(C)CCCCC1. The molecule has 2 atom stereocenters. The number of hydrogen-bond donors (Lipinski definition) is 1. The smallest absolute Gasteiger partial charge is 0.0309 e. The van der Waals surface area contributed by atoms with E-state index in [0.29, 0.717) is 11.1 Å². The molecule has 2 heteroatoms. The molecule has 1 aliphatic heterocycles. The van der Waals surface area contributed by atoms with Crippen LogP contribution in [-0.2, 0) is 0 Å². The van der Waals surface area contributed by atoms with Crippen molar-refractivity contribution in [1.82, 2.24) is 10.2 Å². The van der Waals surface area contributed by atoms with Crippen molar-refractivity contribution < 1.29 is 0 Å². The maximum Gasteiger partial charge on any atom is 0.0309 e. The summed E-state index contributed by atoms with van der Waals surface area (Å²) in [5.41, 5.74) is 0.878. The summed E-state index contributed by atoms with van der Waals surface area (Å²) < 4.78 is 0. The van der Waals surface area contributed by atoms with E-state index in [9.17, 15) is 0 Å². The van der Waals surface area contributed by atoms with Gasteiger partial charge in [0.25, 0.3) is 0 Å². The molecule has 2 unspecified atom stereocenters. The van der Waals surface area contributed by atoms with Crippen molar-refractivity contribution in [3.05, 3.63) is 0 Å². The van der Waals surface area contributed by atoms with Crippen molar-refractivity contribution in [2.24, 2.45) is 5.92 Å². The lowest BCUT2D eigenvalue weighted by molar-refractivity contribution is -0.0299. The Morgan fingerprint density at radius 1 is 1.11 bits per heavy atom. The minimum atomic E-state index is 0.395. The van der Waals surface area contributed by atoms with Crippen molar-refractivity contribution in [2.75, 3.05) is 13.1 Å². The lowest BCUT2D eigenvalue weighted by Crippen LogP contribution is -2.68. The first-order valence-electron chi connectivity index (χ1n) is 8.59. The second-order valence-electron chi connectivity index (χ2n) is 7.82. The Hall–Kier alpha value is -0.0800. The first-order valence-corrected chi connectivity index (χ1v) is 8.59. The predicted molar refractivity (Wildman–Crippen MR) is 81.4 cm³/mol. The van der Waals surface area contributed by atoms with Gasteiger partial charge in [0.15, 0.2) is 0 Å². The second kappa shape index (κ2) is 5.04. The van der Waals surface area contributed by atoms with Crippen LogP contribution in [0.15, 0.2) is 0 Å². The first-order chi connectivity index (χ1) is 9.07. The average molecular weight is 264 g/mol. The van der Waals surface area contributed by atoms with Crippen LogP contribution in [0.1, 0.15) is 72.1 Å². The highest BCUT2D eigenvalue weighted by molar-refractivity contribution is 5.07. The molecule has 2 saturated carbocycles. The summed E-state index contributed by atoms with van der Waals surface area (Å²) in [5.74, 6) is 0.944. The number of rotatable bonds is 3. The van der Waals surface area contributed by atoms with Crippen LogP contribution in [0.25, 0.3) is 0 Å². The van der Waals surface area contributed by atoms with Crippen molar-refractivity contribution in [2.45, 2.75) is 89.3 Å². The van der Waals surface area contributed by atoms with E-state index in [-0.39, 0.29) is 0 Å². The average Bonchev–Trinajstić information content (AvgIpc) is 3.24. The van der Waals surface area contributed by atoms with E-state index in [4.69, 9.17) is 0 Å². The van der Waals surface area contributed by atoms with E-state index in [2.05, 4.69) is 31.0 Å². The van der Waals surface area contributed by atoms with Crippen LogP contribution < -0.4 is 5.32 Å². The van der Waals surface area contributed by atoms with Gasteiger partial charge in [-0.05, 0) is 51.9 Å². The molecule has 1 N–H and O–H groups in total. The van der Waals surface area contributed by atoms with E-state index in [1.165, 1.54) is 64.5 Å². The van der Waals surface area contributed by atoms with Crippen molar-refractivity contribution in [3.8, 4) is 0 Å². The van der Waals surface area contributed by atoms with Crippen LogP contribution >= 0.6 is 0 Å². The highest BCUT2D eigenvalue weighted by atomic mass is 15.3. The van der Waals surface area contributed by atoms with Crippen molar-refractivity contribution >= 4 is 0 Å². The minimum Gasteiger partial charge on any atom is -0.308 e. The van der Waals surface area contributed by atoms with Crippen LogP contribution in [0.2, 0.25) is 0 Å². The fraction of sp³-hybridized carbons (Fsp3) is 1.00. The lowest BCUT2D eigenvalue weighted by Gasteiger charge is -2.55. The van der Waals surface area contributed by atoms with Gasteiger partial charge in [0.2, 0.25) is 0 Å². The monoisotopic (exact) mass is 264 g/mol. The summed E-state index contributed by atoms with van der Waals surface area (Å²) in [6.45, 7) is 9.89. The molecule has 0 aromatic rings. The minimum absolute atomic E-state index is 0.395. The third kappa shape index (κ3) is 2.58. The molecule has 0 aromatic carbocycles. The Morgan fingerprint density at radius 3 is 2.37 bits per heavy atom. The third-order valence-electron chi connectivity index (χ3n) is 6.25.